The van der Waals surface area contributed by atoms with Crippen LogP contribution in [0.5, 0.6) is 0 Å². The number of esters is 1. The summed E-state index contributed by atoms with van der Waals surface area (Å²) in [5, 5.41) is 12.8. The van der Waals surface area contributed by atoms with E-state index in [9.17, 15) is 9.90 Å². The van der Waals surface area contributed by atoms with E-state index in [-0.39, 0.29) is 18.6 Å². The van der Waals surface area contributed by atoms with Gasteiger partial charge in [-0.3, -0.25) is 0 Å². The van der Waals surface area contributed by atoms with Gasteiger partial charge < -0.3 is 20.1 Å². The van der Waals surface area contributed by atoms with Gasteiger partial charge in [-0.1, -0.05) is 0 Å². The fourth-order valence-corrected chi connectivity index (χ4v) is 2.34. The second-order valence-corrected chi connectivity index (χ2v) is 4.84. The van der Waals surface area contributed by atoms with E-state index in [4.69, 9.17) is 0 Å². The van der Waals surface area contributed by atoms with Crippen molar-refractivity contribution in [2.75, 3.05) is 31.7 Å². The monoisotopic (exact) mass is 264 g/mol. The maximum atomic E-state index is 11.4. The summed E-state index contributed by atoms with van der Waals surface area (Å²) < 4.78 is 4.68. The molecule has 1 aromatic rings. The van der Waals surface area contributed by atoms with Crippen LogP contribution in [0.2, 0.25) is 0 Å². The van der Waals surface area contributed by atoms with Crippen molar-refractivity contribution in [3.05, 3.63) is 29.8 Å². The SMILES string of the molecule is COC(=O)c1ccc(N2CC(C)NCC2CO)cc1. The molecule has 1 heterocycles. The van der Waals surface area contributed by atoms with Gasteiger partial charge in [0.15, 0.2) is 0 Å². The lowest BCUT2D eigenvalue weighted by Gasteiger charge is -2.40. The van der Waals surface area contributed by atoms with Crippen LogP contribution < -0.4 is 10.2 Å². The molecule has 0 amide bonds. The fraction of sp³-hybridized carbons (Fsp3) is 0.500. The predicted molar refractivity (Wildman–Crippen MR) is 73.5 cm³/mol. The quantitative estimate of drug-likeness (QED) is 0.784. The topological polar surface area (TPSA) is 61.8 Å². The number of aliphatic hydroxyl groups excluding tert-OH is 1. The van der Waals surface area contributed by atoms with Gasteiger partial charge in [0.05, 0.1) is 25.3 Å². The fourth-order valence-electron chi connectivity index (χ4n) is 2.34. The van der Waals surface area contributed by atoms with Crippen LogP contribution in [-0.2, 0) is 4.74 Å². The Kier molecular flexibility index (Phi) is 4.39. The highest BCUT2D eigenvalue weighted by Gasteiger charge is 2.25. The number of ether oxygens (including phenoxy) is 1. The minimum absolute atomic E-state index is 0.0696. The van der Waals surface area contributed by atoms with Crippen molar-refractivity contribution in [2.45, 2.75) is 19.0 Å². The molecule has 1 fully saturated rings. The summed E-state index contributed by atoms with van der Waals surface area (Å²) >= 11 is 0. The maximum Gasteiger partial charge on any atom is 0.337 e. The zero-order valence-corrected chi connectivity index (χ0v) is 11.3. The summed E-state index contributed by atoms with van der Waals surface area (Å²) in [6.45, 7) is 3.82. The van der Waals surface area contributed by atoms with Gasteiger partial charge in [0.2, 0.25) is 0 Å². The number of nitrogens with one attached hydrogen (secondary N) is 1. The van der Waals surface area contributed by atoms with Gasteiger partial charge in [-0.05, 0) is 31.2 Å². The second-order valence-electron chi connectivity index (χ2n) is 4.84. The third kappa shape index (κ3) is 3.05. The molecule has 0 spiro atoms. The van der Waals surface area contributed by atoms with E-state index in [0.29, 0.717) is 11.6 Å². The third-order valence-corrected chi connectivity index (χ3v) is 3.44. The summed E-state index contributed by atoms with van der Waals surface area (Å²) in [5.41, 5.74) is 1.55. The molecule has 5 heteroatoms. The second kappa shape index (κ2) is 6.04. The average molecular weight is 264 g/mol. The number of rotatable bonds is 3. The van der Waals surface area contributed by atoms with Crippen molar-refractivity contribution in [3.63, 3.8) is 0 Å². The van der Waals surface area contributed by atoms with E-state index < -0.39 is 0 Å². The normalized spacial score (nSPS) is 23.2. The summed E-state index contributed by atoms with van der Waals surface area (Å²) in [6, 6.07) is 7.74. The predicted octanol–water partition coefficient (Wildman–Crippen LogP) is 0.632. The van der Waals surface area contributed by atoms with Crippen molar-refractivity contribution >= 4 is 11.7 Å². The van der Waals surface area contributed by atoms with E-state index in [0.717, 1.165) is 18.8 Å². The first-order chi connectivity index (χ1) is 9.15. The molecule has 1 aromatic carbocycles. The number of hydrogen-bond donors (Lipinski definition) is 2. The van der Waals surface area contributed by atoms with Crippen LogP contribution in [-0.4, -0.2) is 50.0 Å². The Morgan fingerprint density at radius 1 is 1.47 bits per heavy atom. The van der Waals surface area contributed by atoms with E-state index in [1.807, 2.05) is 12.1 Å². The number of nitrogens with zero attached hydrogens (tertiary/aromatic N) is 1. The van der Waals surface area contributed by atoms with Crippen LogP contribution in [0.25, 0.3) is 0 Å². The van der Waals surface area contributed by atoms with Gasteiger partial charge in [0.25, 0.3) is 0 Å². The summed E-state index contributed by atoms with van der Waals surface area (Å²) in [4.78, 5) is 13.6. The van der Waals surface area contributed by atoms with Gasteiger partial charge in [-0.2, -0.15) is 0 Å². The molecule has 19 heavy (non-hydrogen) atoms. The van der Waals surface area contributed by atoms with E-state index in [1.165, 1.54) is 7.11 Å². The molecule has 2 rings (SSSR count). The highest BCUT2D eigenvalue weighted by molar-refractivity contribution is 5.89. The molecule has 5 nitrogen and oxygen atoms in total. The molecule has 0 bridgehead atoms. The Bertz CT molecular complexity index is 433. The largest absolute Gasteiger partial charge is 0.465 e. The highest BCUT2D eigenvalue weighted by Crippen LogP contribution is 2.20. The van der Waals surface area contributed by atoms with Crippen molar-refractivity contribution < 1.29 is 14.6 Å². The first kappa shape index (κ1) is 13.8. The smallest absolute Gasteiger partial charge is 0.337 e. The first-order valence-electron chi connectivity index (χ1n) is 6.45. The Morgan fingerprint density at radius 3 is 2.74 bits per heavy atom. The Labute approximate surface area is 113 Å². The molecule has 0 saturated carbocycles. The zero-order valence-electron chi connectivity index (χ0n) is 11.3. The van der Waals surface area contributed by atoms with E-state index in [2.05, 4.69) is 21.9 Å². The van der Waals surface area contributed by atoms with Crippen LogP contribution in [0.4, 0.5) is 5.69 Å². The van der Waals surface area contributed by atoms with Gasteiger partial charge >= 0.3 is 5.97 Å². The van der Waals surface area contributed by atoms with E-state index >= 15 is 0 Å². The lowest BCUT2D eigenvalue weighted by Crippen LogP contribution is -2.57. The standard InChI is InChI=1S/C14H20N2O3/c1-10-8-16(13(9-17)7-15-10)12-5-3-11(4-6-12)14(18)19-2/h3-6,10,13,15,17H,7-9H2,1-2H3. The minimum atomic E-state index is -0.334. The number of anilines is 1. The third-order valence-electron chi connectivity index (χ3n) is 3.44. The minimum Gasteiger partial charge on any atom is -0.465 e. The Morgan fingerprint density at radius 2 is 2.16 bits per heavy atom. The molecule has 0 radical (unpaired) electrons. The summed E-state index contributed by atoms with van der Waals surface area (Å²) in [7, 11) is 1.37. The van der Waals surface area contributed by atoms with Crippen molar-refractivity contribution in [1.82, 2.24) is 5.32 Å². The lowest BCUT2D eigenvalue weighted by molar-refractivity contribution is 0.0600. The van der Waals surface area contributed by atoms with Crippen molar-refractivity contribution in [1.29, 1.82) is 0 Å². The lowest BCUT2D eigenvalue weighted by atomic mass is 10.1. The van der Waals surface area contributed by atoms with Crippen LogP contribution in [0.3, 0.4) is 0 Å². The molecule has 0 aromatic heterocycles. The zero-order chi connectivity index (χ0) is 13.8. The molecular weight excluding hydrogens is 244 g/mol. The van der Waals surface area contributed by atoms with Gasteiger partial charge in [-0.25, -0.2) is 4.79 Å². The molecule has 2 N–H and O–H groups in total. The summed E-state index contributed by atoms with van der Waals surface area (Å²) in [5.74, 6) is -0.334. The number of hydrogen-bond acceptors (Lipinski definition) is 5. The average Bonchev–Trinajstić information content (AvgIpc) is 2.46. The molecule has 1 aliphatic rings. The van der Waals surface area contributed by atoms with Crippen molar-refractivity contribution in [3.8, 4) is 0 Å². The Hall–Kier alpha value is -1.59. The van der Waals surface area contributed by atoms with Crippen molar-refractivity contribution in [2.24, 2.45) is 0 Å². The molecule has 1 aliphatic heterocycles. The number of carbonyl (C=O) groups excluding carboxylic acids is 1. The van der Waals surface area contributed by atoms with Gasteiger partial charge in [0, 0.05) is 24.8 Å². The number of carbonyl (C=O) groups is 1. The van der Waals surface area contributed by atoms with Crippen LogP contribution in [0, 0.1) is 0 Å². The number of benzene rings is 1. The Balaban J connectivity index is 2.17. The van der Waals surface area contributed by atoms with Crippen LogP contribution in [0.1, 0.15) is 17.3 Å². The molecular formula is C14H20N2O3. The molecule has 0 aliphatic carbocycles. The van der Waals surface area contributed by atoms with Gasteiger partial charge in [-0.15, -0.1) is 0 Å². The maximum absolute atomic E-state index is 11.4. The first-order valence-corrected chi connectivity index (χ1v) is 6.45. The van der Waals surface area contributed by atoms with Crippen LogP contribution >= 0.6 is 0 Å². The van der Waals surface area contributed by atoms with Gasteiger partial charge in [0.1, 0.15) is 0 Å². The molecule has 1 saturated heterocycles. The van der Waals surface area contributed by atoms with E-state index in [1.54, 1.807) is 12.1 Å². The molecule has 104 valence electrons. The highest BCUT2D eigenvalue weighted by atomic mass is 16.5. The number of piperazine rings is 1. The summed E-state index contributed by atoms with van der Waals surface area (Å²) in [6.07, 6.45) is 0. The number of methoxy groups -OCH3 is 1. The molecule has 2 atom stereocenters. The number of aliphatic hydroxyl groups is 1. The van der Waals surface area contributed by atoms with Crippen LogP contribution in [0.15, 0.2) is 24.3 Å². The molecule has 2 unspecified atom stereocenters.